The van der Waals surface area contributed by atoms with Gasteiger partial charge in [0.25, 0.3) is 5.91 Å². The lowest BCUT2D eigenvalue weighted by Crippen LogP contribution is -2.33. The van der Waals surface area contributed by atoms with Crippen LogP contribution in [-0.2, 0) is 11.2 Å². The van der Waals surface area contributed by atoms with Crippen LogP contribution >= 0.6 is 0 Å². The summed E-state index contributed by atoms with van der Waals surface area (Å²) in [5.41, 5.74) is 7.66. The van der Waals surface area contributed by atoms with Crippen molar-refractivity contribution in [1.29, 1.82) is 0 Å². The van der Waals surface area contributed by atoms with Crippen molar-refractivity contribution < 1.29 is 23.8 Å². The maximum atomic E-state index is 12.6. The summed E-state index contributed by atoms with van der Waals surface area (Å²) in [6.07, 6.45) is 0.190. The summed E-state index contributed by atoms with van der Waals surface area (Å²) in [6, 6.07) is 10.4. The van der Waals surface area contributed by atoms with E-state index in [-0.39, 0.29) is 11.6 Å². The van der Waals surface area contributed by atoms with Crippen LogP contribution in [0.5, 0.6) is 11.5 Å². The number of methoxy groups -OCH3 is 2. The maximum Gasteiger partial charge on any atom is 0.407 e. The van der Waals surface area contributed by atoms with Crippen LogP contribution < -0.4 is 25.8 Å². The molecule has 0 spiro atoms. The van der Waals surface area contributed by atoms with Crippen molar-refractivity contribution in [2.24, 2.45) is 0 Å². The van der Waals surface area contributed by atoms with Gasteiger partial charge < -0.3 is 30.6 Å². The van der Waals surface area contributed by atoms with Gasteiger partial charge in [0, 0.05) is 24.0 Å². The number of nitrogens with two attached hydrogens (primary N) is 1. The van der Waals surface area contributed by atoms with E-state index in [1.54, 1.807) is 24.3 Å². The lowest BCUT2D eigenvalue weighted by Gasteiger charge is -2.19. The van der Waals surface area contributed by atoms with Gasteiger partial charge in [-0.15, -0.1) is 0 Å². The molecule has 4 N–H and O–H groups in total. The Hall–Kier alpha value is -3.42. The zero-order valence-corrected chi connectivity index (χ0v) is 18.0. The number of rotatable bonds is 7. The fourth-order valence-electron chi connectivity index (χ4n) is 2.67. The van der Waals surface area contributed by atoms with Crippen molar-refractivity contribution in [3.8, 4) is 11.5 Å². The zero-order chi connectivity index (χ0) is 22.3. The normalized spacial score (nSPS) is 10.8. The molecule has 0 saturated carbocycles. The van der Waals surface area contributed by atoms with E-state index in [1.807, 2.05) is 32.9 Å². The summed E-state index contributed by atoms with van der Waals surface area (Å²) < 4.78 is 15.6. The van der Waals surface area contributed by atoms with Crippen LogP contribution in [-0.4, -0.2) is 38.4 Å². The first-order valence-corrected chi connectivity index (χ1v) is 9.51. The molecule has 2 aromatic rings. The molecule has 0 aliphatic heterocycles. The molecule has 0 aliphatic rings. The molecular weight excluding hydrogens is 386 g/mol. The molecule has 0 bridgehead atoms. The van der Waals surface area contributed by atoms with Gasteiger partial charge in [0.05, 0.1) is 19.8 Å². The molecule has 2 aromatic carbocycles. The number of alkyl carbamates (subject to hydrolysis) is 1. The summed E-state index contributed by atoms with van der Waals surface area (Å²) in [4.78, 5) is 24.3. The van der Waals surface area contributed by atoms with Crippen molar-refractivity contribution >= 4 is 23.4 Å². The highest BCUT2D eigenvalue weighted by Gasteiger charge is 2.16. The van der Waals surface area contributed by atoms with E-state index in [1.165, 1.54) is 14.2 Å². The minimum atomic E-state index is -0.527. The summed E-state index contributed by atoms with van der Waals surface area (Å²) >= 11 is 0. The SMILES string of the molecule is COc1cc(N)c(C(=O)Nc2ccc(CCNC(=O)OC(C)(C)C)cc2)cc1OC. The van der Waals surface area contributed by atoms with Crippen LogP contribution in [0.15, 0.2) is 36.4 Å². The minimum Gasteiger partial charge on any atom is -0.493 e. The van der Waals surface area contributed by atoms with Crippen molar-refractivity contribution in [1.82, 2.24) is 5.32 Å². The average Bonchev–Trinajstić information content (AvgIpc) is 2.67. The molecule has 0 fully saturated rings. The number of nitrogen functional groups attached to an aromatic ring is 1. The van der Waals surface area contributed by atoms with Gasteiger partial charge in [-0.25, -0.2) is 4.79 Å². The van der Waals surface area contributed by atoms with E-state index < -0.39 is 11.7 Å². The standard InChI is InChI=1S/C22H29N3O5/c1-22(2,3)30-21(27)24-11-10-14-6-8-15(9-7-14)25-20(26)16-12-18(28-4)19(29-5)13-17(16)23/h6-9,12-13H,10-11,23H2,1-5H3,(H,24,27)(H,25,26). The Labute approximate surface area is 176 Å². The maximum absolute atomic E-state index is 12.6. The molecule has 0 aromatic heterocycles. The molecule has 0 saturated heterocycles. The number of hydrogen-bond donors (Lipinski definition) is 3. The molecule has 30 heavy (non-hydrogen) atoms. The Bertz CT molecular complexity index is 889. The van der Waals surface area contributed by atoms with Gasteiger partial charge in [0.15, 0.2) is 11.5 Å². The monoisotopic (exact) mass is 415 g/mol. The lowest BCUT2D eigenvalue weighted by molar-refractivity contribution is 0.0528. The van der Waals surface area contributed by atoms with Crippen molar-refractivity contribution in [2.75, 3.05) is 31.8 Å². The van der Waals surface area contributed by atoms with Crippen LogP contribution in [0.2, 0.25) is 0 Å². The molecule has 0 unspecified atom stereocenters. The van der Waals surface area contributed by atoms with E-state index in [2.05, 4.69) is 10.6 Å². The van der Waals surface area contributed by atoms with E-state index >= 15 is 0 Å². The van der Waals surface area contributed by atoms with Crippen molar-refractivity contribution in [3.05, 3.63) is 47.5 Å². The molecule has 8 heteroatoms. The van der Waals surface area contributed by atoms with Gasteiger partial charge in [-0.1, -0.05) is 12.1 Å². The summed E-state index contributed by atoms with van der Waals surface area (Å²) in [5, 5.41) is 5.53. The Morgan fingerprint density at radius 2 is 1.60 bits per heavy atom. The van der Waals surface area contributed by atoms with Gasteiger partial charge in [-0.3, -0.25) is 4.79 Å². The molecular formula is C22H29N3O5. The molecule has 2 rings (SSSR count). The summed E-state index contributed by atoms with van der Waals surface area (Å²) in [5.74, 6) is 0.522. The van der Waals surface area contributed by atoms with E-state index in [0.717, 1.165) is 5.56 Å². The van der Waals surface area contributed by atoms with Crippen LogP contribution in [0.25, 0.3) is 0 Å². The molecule has 0 radical (unpaired) electrons. The zero-order valence-electron chi connectivity index (χ0n) is 18.0. The van der Waals surface area contributed by atoms with Crippen LogP contribution in [0, 0.1) is 0 Å². The van der Waals surface area contributed by atoms with Crippen LogP contribution in [0.4, 0.5) is 16.2 Å². The number of ether oxygens (including phenoxy) is 3. The smallest absolute Gasteiger partial charge is 0.407 e. The quantitative estimate of drug-likeness (QED) is 0.596. The van der Waals surface area contributed by atoms with Crippen molar-refractivity contribution in [3.63, 3.8) is 0 Å². The second kappa shape index (κ2) is 9.87. The number of nitrogens with one attached hydrogen (secondary N) is 2. The fraction of sp³-hybridized carbons (Fsp3) is 0.364. The Morgan fingerprint density at radius 1 is 1.00 bits per heavy atom. The Kier molecular flexibility index (Phi) is 7.52. The van der Waals surface area contributed by atoms with Crippen molar-refractivity contribution in [2.45, 2.75) is 32.8 Å². The van der Waals surface area contributed by atoms with Gasteiger partial charge in [0.1, 0.15) is 5.60 Å². The second-order valence-corrected chi connectivity index (χ2v) is 7.62. The molecule has 162 valence electrons. The van der Waals surface area contributed by atoms with Gasteiger partial charge in [-0.2, -0.15) is 0 Å². The highest BCUT2D eigenvalue weighted by Crippen LogP contribution is 2.32. The minimum absolute atomic E-state index is 0.287. The van der Waals surface area contributed by atoms with E-state index in [9.17, 15) is 9.59 Å². The first kappa shape index (κ1) is 22.9. The number of hydrogen-bond acceptors (Lipinski definition) is 6. The highest BCUT2D eigenvalue weighted by molar-refractivity contribution is 6.08. The van der Waals surface area contributed by atoms with Gasteiger partial charge >= 0.3 is 6.09 Å². The third-order valence-electron chi connectivity index (χ3n) is 4.09. The third-order valence-corrected chi connectivity index (χ3v) is 4.09. The van der Waals surface area contributed by atoms with Gasteiger partial charge in [0.2, 0.25) is 0 Å². The molecule has 0 atom stereocenters. The predicted molar refractivity (Wildman–Crippen MR) is 116 cm³/mol. The average molecular weight is 415 g/mol. The molecule has 0 heterocycles. The third kappa shape index (κ3) is 6.58. The summed E-state index contributed by atoms with van der Waals surface area (Å²) in [7, 11) is 2.99. The number of amides is 2. The fourth-order valence-corrected chi connectivity index (χ4v) is 2.67. The topological polar surface area (TPSA) is 112 Å². The number of carbonyl (C=O) groups excluding carboxylic acids is 2. The number of anilines is 2. The number of benzene rings is 2. The Balaban J connectivity index is 1.94. The second-order valence-electron chi connectivity index (χ2n) is 7.62. The van der Waals surface area contributed by atoms with Crippen LogP contribution in [0.3, 0.4) is 0 Å². The molecule has 0 aliphatic carbocycles. The molecule has 8 nitrogen and oxygen atoms in total. The largest absolute Gasteiger partial charge is 0.493 e. The first-order chi connectivity index (χ1) is 14.1. The predicted octanol–water partition coefficient (Wildman–Crippen LogP) is 3.61. The highest BCUT2D eigenvalue weighted by atomic mass is 16.6. The van der Waals surface area contributed by atoms with Crippen LogP contribution in [0.1, 0.15) is 36.7 Å². The summed E-state index contributed by atoms with van der Waals surface area (Å²) in [6.45, 7) is 5.89. The van der Waals surface area contributed by atoms with Gasteiger partial charge in [-0.05, 0) is 51.0 Å². The Morgan fingerprint density at radius 3 is 2.17 bits per heavy atom. The molecule has 2 amide bonds. The van der Waals surface area contributed by atoms with E-state index in [0.29, 0.717) is 35.7 Å². The first-order valence-electron chi connectivity index (χ1n) is 9.51. The lowest BCUT2D eigenvalue weighted by atomic mass is 10.1. The number of carbonyl (C=O) groups is 2. The van der Waals surface area contributed by atoms with E-state index in [4.69, 9.17) is 19.9 Å².